The molecule has 3 N–H and O–H groups in total. The Hall–Kier alpha value is -0.570. The summed E-state index contributed by atoms with van der Waals surface area (Å²) in [5.41, 5.74) is 0. The number of hydrogen-bond donors (Lipinski definition) is 3. The maximum absolute atomic E-state index is 12.6. The summed E-state index contributed by atoms with van der Waals surface area (Å²) in [4.78, 5) is 19.3. The van der Waals surface area contributed by atoms with E-state index in [-0.39, 0.29) is 42.0 Å². The number of aliphatic imine (C=N–C) groups is 1. The third-order valence-electron chi connectivity index (χ3n) is 5.99. The number of carbonyl (C=O) groups is 1. The van der Waals surface area contributed by atoms with Crippen molar-refractivity contribution in [3.05, 3.63) is 0 Å². The van der Waals surface area contributed by atoms with Crippen LogP contribution < -0.4 is 10.6 Å². The van der Waals surface area contributed by atoms with Gasteiger partial charge < -0.3 is 20.6 Å². The molecule has 3 unspecified atom stereocenters. The fourth-order valence-electron chi connectivity index (χ4n) is 4.46. The topological polar surface area (TPSA) is 77.0 Å². The molecule has 3 fully saturated rings. The summed E-state index contributed by atoms with van der Waals surface area (Å²) in [6.45, 7) is 5.19. The highest BCUT2D eigenvalue weighted by atomic mass is 127. The second-order valence-corrected chi connectivity index (χ2v) is 7.87. The van der Waals surface area contributed by atoms with E-state index in [9.17, 15) is 9.90 Å². The van der Waals surface area contributed by atoms with E-state index in [1.54, 1.807) is 0 Å². The van der Waals surface area contributed by atoms with Crippen molar-refractivity contribution < 1.29 is 9.90 Å². The molecule has 6 nitrogen and oxygen atoms in total. The van der Waals surface area contributed by atoms with Crippen molar-refractivity contribution in [3.63, 3.8) is 0 Å². The molecule has 1 saturated heterocycles. The van der Waals surface area contributed by atoms with Gasteiger partial charge in [0.25, 0.3) is 0 Å². The number of aliphatic hydroxyl groups excluding tert-OH is 1. The average molecular weight is 478 g/mol. The minimum Gasteiger partial charge on any atom is -0.393 e. The van der Waals surface area contributed by atoms with Crippen molar-refractivity contribution in [2.45, 2.75) is 70.4 Å². The van der Waals surface area contributed by atoms with Gasteiger partial charge in [0, 0.05) is 44.1 Å². The number of likely N-dealkylation sites (tertiary alicyclic amines) is 1. The summed E-state index contributed by atoms with van der Waals surface area (Å²) in [7, 11) is 0. The van der Waals surface area contributed by atoms with Crippen LogP contribution in [0.3, 0.4) is 0 Å². The number of guanidine groups is 1. The Labute approximate surface area is 174 Å². The largest absolute Gasteiger partial charge is 0.393 e. The zero-order chi connectivity index (χ0) is 17.6. The van der Waals surface area contributed by atoms with E-state index >= 15 is 0 Å². The lowest BCUT2D eigenvalue weighted by Gasteiger charge is -2.22. The molecule has 7 heteroatoms. The molecule has 2 saturated carbocycles. The highest BCUT2D eigenvalue weighted by molar-refractivity contribution is 14.0. The number of halogens is 1. The first kappa shape index (κ1) is 21.7. The normalized spacial score (nSPS) is 29.7. The first-order chi connectivity index (χ1) is 12.2. The van der Waals surface area contributed by atoms with Gasteiger partial charge in [0.05, 0.1) is 6.10 Å². The smallest absolute Gasteiger partial charge is 0.225 e. The zero-order valence-electron chi connectivity index (χ0n) is 16.0. The molecule has 150 valence electrons. The summed E-state index contributed by atoms with van der Waals surface area (Å²) in [5, 5.41) is 16.8. The number of nitrogens with zero attached hydrogens (tertiary/aromatic N) is 2. The lowest BCUT2D eigenvalue weighted by atomic mass is 10.1. The van der Waals surface area contributed by atoms with Crippen molar-refractivity contribution in [2.24, 2.45) is 16.8 Å². The van der Waals surface area contributed by atoms with Crippen LogP contribution in [0.4, 0.5) is 0 Å². The summed E-state index contributed by atoms with van der Waals surface area (Å²) >= 11 is 0. The first-order valence-corrected chi connectivity index (χ1v) is 10.2. The number of hydrogen-bond acceptors (Lipinski definition) is 3. The molecule has 0 aromatic heterocycles. The van der Waals surface area contributed by atoms with Crippen molar-refractivity contribution >= 4 is 35.8 Å². The first-order valence-electron chi connectivity index (χ1n) is 10.2. The van der Waals surface area contributed by atoms with Crippen LogP contribution in [0.2, 0.25) is 0 Å². The van der Waals surface area contributed by atoms with Gasteiger partial charge in [-0.3, -0.25) is 9.79 Å². The van der Waals surface area contributed by atoms with E-state index in [1.165, 1.54) is 12.8 Å². The molecule has 0 aromatic rings. The highest BCUT2D eigenvalue weighted by Crippen LogP contribution is 2.28. The summed E-state index contributed by atoms with van der Waals surface area (Å²) in [6, 6.07) is 0.275. The molecule has 2 aliphatic carbocycles. The Bertz CT molecular complexity index is 482. The molecule has 3 aliphatic rings. The second-order valence-electron chi connectivity index (χ2n) is 7.87. The quantitative estimate of drug-likeness (QED) is 0.322. The van der Waals surface area contributed by atoms with Crippen LogP contribution >= 0.6 is 24.0 Å². The molecule has 0 aromatic carbocycles. The molecule has 1 heterocycles. The Morgan fingerprint density at radius 2 is 1.92 bits per heavy atom. The summed E-state index contributed by atoms with van der Waals surface area (Å²) in [6.07, 6.45) is 8.41. The molecule has 3 rings (SSSR count). The average Bonchev–Trinajstić information content (AvgIpc) is 3.35. The van der Waals surface area contributed by atoms with Gasteiger partial charge >= 0.3 is 0 Å². The fourth-order valence-corrected chi connectivity index (χ4v) is 4.46. The van der Waals surface area contributed by atoms with E-state index in [0.717, 1.165) is 64.1 Å². The number of aliphatic hydroxyl groups is 1. The van der Waals surface area contributed by atoms with E-state index in [2.05, 4.69) is 22.5 Å². The van der Waals surface area contributed by atoms with Gasteiger partial charge in [-0.05, 0) is 39.0 Å². The van der Waals surface area contributed by atoms with Crippen LogP contribution in [-0.4, -0.2) is 60.2 Å². The molecule has 26 heavy (non-hydrogen) atoms. The summed E-state index contributed by atoms with van der Waals surface area (Å²) < 4.78 is 0. The van der Waals surface area contributed by atoms with Gasteiger partial charge in [-0.2, -0.15) is 0 Å². The van der Waals surface area contributed by atoms with Crippen molar-refractivity contribution in [1.82, 2.24) is 15.5 Å². The molecule has 0 bridgehead atoms. The maximum atomic E-state index is 12.6. The Kier molecular flexibility index (Phi) is 8.93. The van der Waals surface area contributed by atoms with Crippen molar-refractivity contribution in [3.8, 4) is 0 Å². The molecular weight excluding hydrogens is 443 g/mol. The molecule has 3 atom stereocenters. The van der Waals surface area contributed by atoms with Crippen molar-refractivity contribution in [1.29, 1.82) is 0 Å². The third kappa shape index (κ3) is 5.71. The number of amides is 1. The van der Waals surface area contributed by atoms with Gasteiger partial charge in [-0.1, -0.05) is 19.3 Å². The predicted octanol–water partition coefficient (Wildman–Crippen LogP) is 2.11. The van der Waals surface area contributed by atoms with E-state index in [0.29, 0.717) is 18.4 Å². The molecule has 0 spiro atoms. The van der Waals surface area contributed by atoms with E-state index in [1.807, 2.05) is 4.90 Å². The van der Waals surface area contributed by atoms with Gasteiger partial charge in [0.15, 0.2) is 5.96 Å². The van der Waals surface area contributed by atoms with E-state index in [4.69, 9.17) is 0 Å². The van der Waals surface area contributed by atoms with Crippen molar-refractivity contribution in [2.75, 3.05) is 26.2 Å². The maximum Gasteiger partial charge on any atom is 0.225 e. The Morgan fingerprint density at radius 1 is 1.15 bits per heavy atom. The van der Waals surface area contributed by atoms with Crippen LogP contribution in [-0.2, 0) is 4.79 Å². The van der Waals surface area contributed by atoms with Gasteiger partial charge in [-0.25, -0.2) is 0 Å². The Balaban J connectivity index is 0.00000243. The summed E-state index contributed by atoms with van der Waals surface area (Å²) in [5.74, 6) is 1.74. The minimum absolute atomic E-state index is 0. The Morgan fingerprint density at radius 3 is 2.58 bits per heavy atom. The number of nitrogens with one attached hydrogen (secondary N) is 2. The lowest BCUT2D eigenvalue weighted by molar-refractivity contribution is -0.134. The van der Waals surface area contributed by atoms with Gasteiger partial charge in [0.2, 0.25) is 5.91 Å². The molecule has 0 radical (unpaired) electrons. The molecular formula is C19H35IN4O2. The number of rotatable bonds is 5. The molecule has 1 aliphatic heterocycles. The third-order valence-corrected chi connectivity index (χ3v) is 5.99. The SMILES string of the molecule is CCNC(=NCC1CCCC1O)NC1CCN(C(=O)C2CCCC2)C1.I. The van der Waals surface area contributed by atoms with Crippen LogP contribution in [0.25, 0.3) is 0 Å². The highest BCUT2D eigenvalue weighted by Gasteiger charge is 2.32. The standard InChI is InChI=1S/C19H34N4O2.HI/c1-2-20-19(21-12-15-8-5-9-17(15)24)22-16-10-11-23(13-16)18(25)14-6-3-4-7-14;/h14-17,24H,2-13H2,1H3,(H2,20,21,22);1H. The predicted molar refractivity (Wildman–Crippen MR) is 115 cm³/mol. The molecule has 1 amide bonds. The number of carbonyl (C=O) groups excluding carboxylic acids is 1. The van der Waals surface area contributed by atoms with Crippen LogP contribution in [0.1, 0.15) is 58.3 Å². The van der Waals surface area contributed by atoms with Crippen LogP contribution in [0.5, 0.6) is 0 Å². The second kappa shape index (κ2) is 10.7. The monoisotopic (exact) mass is 478 g/mol. The lowest BCUT2D eigenvalue weighted by Crippen LogP contribution is -2.45. The van der Waals surface area contributed by atoms with Crippen LogP contribution in [0, 0.1) is 11.8 Å². The fraction of sp³-hybridized carbons (Fsp3) is 0.895. The zero-order valence-corrected chi connectivity index (χ0v) is 18.3. The van der Waals surface area contributed by atoms with Gasteiger partial charge in [0.1, 0.15) is 0 Å². The van der Waals surface area contributed by atoms with Gasteiger partial charge in [-0.15, -0.1) is 24.0 Å². The minimum atomic E-state index is -0.197. The van der Waals surface area contributed by atoms with E-state index < -0.39 is 0 Å². The van der Waals surface area contributed by atoms with Crippen LogP contribution in [0.15, 0.2) is 4.99 Å².